The standard InChI is InChI=1S/C16H18N6O2S/c1-2-6-13-19-20-16(25-13)18-15(24)11-9-12(14(17)23)22(21-11)10-7-4-3-5-8-10/h3-5,7-8,12H,2,6,9H2,1H3,(H2,17,23)(H,18,20,24). The highest BCUT2D eigenvalue weighted by atomic mass is 32.1. The lowest BCUT2D eigenvalue weighted by Gasteiger charge is -2.20. The van der Waals surface area contributed by atoms with Gasteiger partial charge in [0.1, 0.15) is 16.8 Å². The molecule has 1 unspecified atom stereocenters. The summed E-state index contributed by atoms with van der Waals surface area (Å²) in [6.45, 7) is 2.05. The van der Waals surface area contributed by atoms with Gasteiger partial charge in [-0.25, -0.2) is 0 Å². The number of hydrogen-bond donors (Lipinski definition) is 2. The van der Waals surface area contributed by atoms with Gasteiger partial charge < -0.3 is 5.73 Å². The molecule has 0 aliphatic carbocycles. The summed E-state index contributed by atoms with van der Waals surface area (Å²) in [5.41, 5.74) is 6.41. The molecule has 0 radical (unpaired) electrons. The number of para-hydroxylation sites is 1. The topological polar surface area (TPSA) is 114 Å². The molecule has 3 N–H and O–H groups in total. The van der Waals surface area contributed by atoms with Crippen LogP contribution in [0.2, 0.25) is 0 Å². The maximum Gasteiger partial charge on any atom is 0.273 e. The smallest absolute Gasteiger partial charge is 0.273 e. The van der Waals surface area contributed by atoms with E-state index in [1.807, 2.05) is 30.3 Å². The predicted octanol–water partition coefficient (Wildman–Crippen LogP) is 1.55. The molecule has 0 fully saturated rings. The first-order valence-electron chi connectivity index (χ1n) is 7.93. The van der Waals surface area contributed by atoms with E-state index in [4.69, 9.17) is 5.73 Å². The lowest BCUT2D eigenvalue weighted by atomic mass is 10.1. The first-order valence-corrected chi connectivity index (χ1v) is 8.75. The number of anilines is 2. The highest BCUT2D eigenvalue weighted by molar-refractivity contribution is 7.15. The fourth-order valence-corrected chi connectivity index (χ4v) is 3.31. The van der Waals surface area contributed by atoms with Crippen molar-refractivity contribution in [3.63, 3.8) is 0 Å². The number of nitrogens with two attached hydrogens (primary N) is 1. The Kier molecular flexibility index (Phi) is 5.03. The number of carbonyl (C=O) groups is 2. The second-order valence-corrected chi connectivity index (χ2v) is 6.62. The van der Waals surface area contributed by atoms with Crippen LogP contribution in [0.25, 0.3) is 0 Å². The molecule has 0 bridgehead atoms. The van der Waals surface area contributed by atoms with Gasteiger partial charge in [-0.15, -0.1) is 10.2 Å². The molecule has 1 aliphatic heterocycles. The van der Waals surface area contributed by atoms with E-state index in [1.54, 1.807) is 0 Å². The van der Waals surface area contributed by atoms with Crippen LogP contribution in [0.5, 0.6) is 0 Å². The van der Waals surface area contributed by atoms with E-state index in [0.29, 0.717) is 10.8 Å². The molecular weight excluding hydrogens is 340 g/mol. The van der Waals surface area contributed by atoms with Crippen molar-refractivity contribution in [3.8, 4) is 0 Å². The second-order valence-electron chi connectivity index (χ2n) is 5.55. The number of nitrogens with zero attached hydrogens (tertiary/aromatic N) is 4. The molecule has 8 nitrogen and oxygen atoms in total. The molecule has 0 saturated heterocycles. The summed E-state index contributed by atoms with van der Waals surface area (Å²) in [5, 5.41) is 17.7. The maximum atomic E-state index is 12.4. The average Bonchev–Trinajstić information content (AvgIpc) is 3.23. The fourth-order valence-electron chi connectivity index (χ4n) is 2.48. The van der Waals surface area contributed by atoms with Gasteiger partial charge >= 0.3 is 0 Å². The largest absolute Gasteiger partial charge is 0.368 e. The van der Waals surface area contributed by atoms with Crippen molar-refractivity contribution in [1.29, 1.82) is 0 Å². The zero-order valence-electron chi connectivity index (χ0n) is 13.7. The number of nitrogens with one attached hydrogen (secondary N) is 1. The third kappa shape index (κ3) is 3.82. The van der Waals surface area contributed by atoms with Crippen molar-refractivity contribution >= 4 is 39.7 Å². The maximum absolute atomic E-state index is 12.4. The highest BCUT2D eigenvalue weighted by Crippen LogP contribution is 2.25. The highest BCUT2D eigenvalue weighted by Gasteiger charge is 2.35. The van der Waals surface area contributed by atoms with Gasteiger partial charge in [-0.1, -0.05) is 36.5 Å². The van der Waals surface area contributed by atoms with Gasteiger partial charge in [0.05, 0.1) is 5.69 Å². The van der Waals surface area contributed by atoms with Gasteiger partial charge in [-0.05, 0) is 18.6 Å². The van der Waals surface area contributed by atoms with Crippen LogP contribution in [0.15, 0.2) is 35.4 Å². The minimum absolute atomic E-state index is 0.149. The molecule has 1 aromatic heterocycles. The molecule has 25 heavy (non-hydrogen) atoms. The predicted molar refractivity (Wildman–Crippen MR) is 96.5 cm³/mol. The third-order valence-corrected chi connectivity index (χ3v) is 4.57. The molecule has 1 atom stereocenters. The number of benzene rings is 1. The number of hydrogen-bond acceptors (Lipinski definition) is 7. The Bertz CT molecular complexity index is 804. The van der Waals surface area contributed by atoms with E-state index in [9.17, 15) is 9.59 Å². The third-order valence-electron chi connectivity index (χ3n) is 3.67. The quantitative estimate of drug-likeness (QED) is 0.813. The number of rotatable bonds is 6. The van der Waals surface area contributed by atoms with Crippen LogP contribution >= 0.6 is 11.3 Å². The Hall–Kier alpha value is -2.81. The van der Waals surface area contributed by atoms with Crippen molar-refractivity contribution in [2.24, 2.45) is 10.8 Å². The Balaban J connectivity index is 1.76. The monoisotopic (exact) mass is 358 g/mol. The second kappa shape index (κ2) is 7.39. The van der Waals surface area contributed by atoms with E-state index < -0.39 is 17.9 Å². The SMILES string of the molecule is CCCc1nnc(NC(=O)C2=NN(c3ccccc3)C(C(N)=O)C2)s1. The van der Waals surface area contributed by atoms with Crippen molar-refractivity contribution in [3.05, 3.63) is 35.3 Å². The molecule has 0 spiro atoms. The van der Waals surface area contributed by atoms with Crippen LogP contribution < -0.4 is 16.1 Å². The molecule has 2 aromatic rings. The number of primary amides is 1. The normalized spacial score (nSPS) is 16.6. The van der Waals surface area contributed by atoms with Crippen molar-refractivity contribution in [2.45, 2.75) is 32.2 Å². The molecule has 1 aliphatic rings. The Morgan fingerprint density at radius 2 is 2.08 bits per heavy atom. The Labute approximate surface area is 148 Å². The summed E-state index contributed by atoms with van der Waals surface area (Å²) in [5.74, 6) is -0.930. The molecule has 1 aromatic carbocycles. The van der Waals surface area contributed by atoms with Gasteiger partial charge in [0, 0.05) is 12.8 Å². The van der Waals surface area contributed by atoms with E-state index in [-0.39, 0.29) is 12.1 Å². The molecular formula is C16H18N6O2S. The van der Waals surface area contributed by atoms with Crippen LogP contribution in [0, 0.1) is 0 Å². The minimum atomic E-state index is -0.687. The van der Waals surface area contributed by atoms with Crippen LogP contribution in [0.3, 0.4) is 0 Å². The van der Waals surface area contributed by atoms with Crippen molar-refractivity contribution < 1.29 is 9.59 Å². The molecule has 0 saturated carbocycles. The van der Waals surface area contributed by atoms with Gasteiger partial charge in [-0.2, -0.15) is 5.10 Å². The van der Waals surface area contributed by atoms with Gasteiger partial charge in [0.2, 0.25) is 11.0 Å². The van der Waals surface area contributed by atoms with E-state index in [2.05, 4.69) is 27.5 Å². The fraction of sp³-hybridized carbons (Fsp3) is 0.312. The van der Waals surface area contributed by atoms with Crippen molar-refractivity contribution in [2.75, 3.05) is 10.3 Å². The molecule has 130 valence electrons. The first kappa shape index (κ1) is 17.0. The lowest BCUT2D eigenvalue weighted by Crippen LogP contribution is -2.39. The summed E-state index contributed by atoms with van der Waals surface area (Å²) in [6.07, 6.45) is 1.93. The van der Waals surface area contributed by atoms with Crippen LogP contribution in [-0.4, -0.2) is 33.8 Å². The summed E-state index contributed by atoms with van der Waals surface area (Å²) in [7, 11) is 0. The number of aryl methyl sites for hydroxylation is 1. The Morgan fingerprint density at radius 1 is 1.32 bits per heavy atom. The van der Waals surface area contributed by atoms with E-state index >= 15 is 0 Å². The molecule has 3 rings (SSSR count). The first-order chi connectivity index (χ1) is 12.1. The summed E-state index contributed by atoms with van der Waals surface area (Å²) < 4.78 is 0. The summed E-state index contributed by atoms with van der Waals surface area (Å²) in [6, 6.07) is 8.45. The average molecular weight is 358 g/mol. The number of hydrazone groups is 1. The van der Waals surface area contributed by atoms with Gasteiger partial charge in [0.25, 0.3) is 5.91 Å². The van der Waals surface area contributed by atoms with Gasteiger partial charge in [-0.3, -0.25) is 19.9 Å². The van der Waals surface area contributed by atoms with Crippen LogP contribution in [0.1, 0.15) is 24.8 Å². The number of aromatic nitrogens is 2. The lowest BCUT2D eigenvalue weighted by molar-refractivity contribution is -0.119. The zero-order chi connectivity index (χ0) is 17.8. The van der Waals surface area contributed by atoms with Crippen molar-refractivity contribution in [1.82, 2.24) is 10.2 Å². The number of amides is 2. The Morgan fingerprint density at radius 3 is 2.76 bits per heavy atom. The van der Waals surface area contributed by atoms with Crippen LogP contribution in [-0.2, 0) is 16.0 Å². The summed E-state index contributed by atoms with van der Waals surface area (Å²) >= 11 is 1.33. The minimum Gasteiger partial charge on any atom is -0.368 e. The van der Waals surface area contributed by atoms with Gasteiger partial charge in [0.15, 0.2) is 0 Å². The van der Waals surface area contributed by atoms with E-state index in [1.165, 1.54) is 16.3 Å². The molecule has 2 amide bonds. The molecule has 9 heteroatoms. The van der Waals surface area contributed by atoms with Crippen LogP contribution in [0.4, 0.5) is 10.8 Å². The zero-order valence-corrected chi connectivity index (χ0v) is 14.5. The number of carbonyl (C=O) groups excluding carboxylic acids is 2. The summed E-state index contributed by atoms with van der Waals surface area (Å²) in [4.78, 5) is 24.2. The van der Waals surface area contributed by atoms with E-state index in [0.717, 1.165) is 17.8 Å². The molecule has 2 heterocycles.